The molecule has 3 aromatic heterocycles. The zero-order valence-electron chi connectivity index (χ0n) is 12.3. The fraction of sp³-hybridized carbons (Fsp3) is 0. The molecular weight excluding hydrogens is 311 g/mol. The summed E-state index contributed by atoms with van der Waals surface area (Å²) < 4.78 is 14.7. The van der Waals surface area contributed by atoms with Gasteiger partial charge in [-0.1, -0.05) is 0 Å². The van der Waals surface area contributed by atoms with Crippen LogP contribution in [-0.2, 0) is 0 Å². The minimum atomic E-state index is -0.406. The molecule has 0 unspecified atom stereocenters. The van der Waals surface area contributed by atoms with Crippen LogP contribution in [0.1, 0.15) is 16.2 Å². The lowest BCUT2D eigenvalue weighted by Gasteiger charge is -2.08. The van der Waals surface area contributed by atoms with Crippen molar-refractivity contribution in [3.63, 3.8) is 0 Å². The Morgan fingerprint density at radius 2 is 1.96 bits per heavy atom. The first-order valence-corrected chi connectivity index (χ1v) is 7.12. The topological polar surface area (TPSA) is 88.0 Å². The Hall–Kier alpha value is -3.55. The molecular formula is C16H11FN6O. The van der Waals surface area contributed by atoms with Gasteiger partial charge in [0, 0.05) is 17.8 Å². The van der Waals surface area contributed by atoms with Crippen LogP contribution in [-0.4, -0.2) is 30.3 Å². The Balaban J connectivity index is 1.78. The average molecular weight is 322 g/mol. The number of anilines is 2. The molecule has 0 atom stereocenters. The number of benzene rings is 1. The molecule has 118 valence electrons. The third-order valence-corrected chi connectivity index (χ3v) is 3.44. The van der Waals surface area contributed by atoms with Crippen molar-refractivity contribution in [1.29, 1.82) is 0 Å². The number of halogens is 1. The van der Waals surface area contributed by atoms with Crippen LogP contribution in [0.15, 0.2) is 54.9 Å². The minimum Gasteiger partial charge on any atom is -0.310 e. The summed E-state index contributed by atoms with van der Waals surface area (Å²) in [5.41, 5.74) is 0.886. The van der Waals surface area contributed by atoms with Gasteiger partial charge in [0.2, 0.25) is 17.6 Å². The van der Waals surface area contributed by atoms with E-state index in [0.717, 1.165) is 0 Å². The molecule has 0 saturated heterocycles. The van der Waals surface area contributed by atoms with Crippen molar-refractivity contribution in [2.75, 3.05) is 5.32 Å². The average Bonchev–Trinajstić information content (AvgIpc) is 3.26. The lowest BCUT2D eigenvalue weighted by Crippen LogP contribution is -2.12. The normalized spacial score (nSPS) is 10.9. The van der Waals surface area contributed by atoms with Gasteiger partial charge in [-0.25, -0.2) is 9.37 Å². The molecule has 0 radical (unpaired) electrons. The number of carbonyl (C=O) groups excluding carboxylic acids is 1. The minimum absolute atomic E-state index is 0.0230. The monoisotopic (exact) mass is 322 g/mol. The van der Waals surface area contributed by atoms with Crippen molar-refractivity contribution in [1.82, 2.24) is 24.6 Å². The lowest BCUT2D eigenvalue weighted by atomic mass is 10.1. The van der Waals surface area contributed by atoms with E-state index >= 15 is 0 Å². The van der Waals surface area contributed by atoms with E-state index in [-0.39, 0.29) is 11.6 Å². The molecule has 0 bridgehead atoms. The second-order valence-electron chi connectivity index (χ2n) is 5.04. The van der Waals surface area contributed by atoms with Gasteiger partial charge in [-0.15, -0.1) is 0 Å². The molecule has 0 aliphatic heterocycles. The maximum atomic E-state index is 13.0. The van der Waals surface area contributed by atoms with E-state index < -0.39 is 5.82 Å². The van der Waals surface area contributed by atoms with Crippen LogP contribution >= 0.6 is 0 Å². The molecule has 0 amide bonds. The van der Waals surface area contributed by atoms with Gasteiger partial charge in [0.05, 0.1) is 6.20 Å². The van der Waals surface area contributed by atoms with Gasteiger partial charge in [-0.3, -0.25) is 14.3 Å². The highest BCUT2D eigenvalue weighted by Gasteiger charge is 2.16. The van der Waals surface area contributed by atoms with E-state index in [1.54, 1.807) is 35.0 Å². The smallest absolute Gasteiger partial charge is 0.230 e. The molecule has 0 saturated carbocycles. The number of rotatable bonds is 4. The summed E-state index contributed by atoms with van der Waals surface area (Å²) in [5, 5.41) is 9.67. The van der Waals surface area contributed by atoms with Crippen molar-refractivity contribution in [3.8, 4) is 0 Å². The summed E-state index contributed by atoms with van der Waals surface area (Å²) in [6, 6.07) is 10.6. The summed E-state index contributed by atoms with van der Waals surface area (Å²) in [6.07, 6.45) is 3.38. The Labute approximate surface area is 135 Å². The van der Waals surface area contributed by atoms with Gasteiger partial charge in [0.15, 0.2) is 0 Å². The largest absolute Gasteiger partial charge is 0.310 e. The van der Waals surface area contributed by atoms with E-state index in [1.165, 1.54) is 24.3 Å². The van der Waals surface area contributed by atoms with E-state index in [1.807, 2.05) is 0 Å². The predicted molar refractivity (Wildman–Crippen MR) is 84.7 cm³/mol. The number of hydrogen-bond donors (Lipinski definition) is 2. The highest BCUT2D eigenvalue weighted by atomic mass is 19.1. The molecule has 7 nitrogen and oxygen atoms in total. The molecule has 0 fully saturated rings. The highest BCUT2D eigenvalue weighted by molar-refractivity contribution is 6.06. The summed E-state index contributed by atoms with van der Waals surface area (Å²) >= 11 is 0. The van der Waals surface area contributed by atoms with E-state index in [2.05, 4.69) is 25.5 Å². The second-order valence-corrected chi connectivity index (χ2v) is 5.04. The fourth-order valence-corrected chi connectivity index (χ4v) is 2.30. The number of nitrogens with zero attached hydrogens (tertiary/aromatic N) is 4. The maximum Gasteiger partial charge on any atom is 0.230 e. The maximum absolute atomic E-state index is 13.0. The molecule has 4 rings (SSSR count). The first-order chi connectivity index (χ1) is 11.7. The number of carbonyl (C=O) groups is 1. The van der Waals surface area contributed by atoms with Gasteiger partial charge in [0.25, 0.3) is 0 Å². The zero-order valence-corrected chi connectivity index (χ0v) is 12.3. The van der Waals surface area contributed by atoms with E-state index in [9.17, 15) is 9.18 Å². The van der Waals surface area contributed by atoms with Crippen LogP contribution in [0.25, 0.3) is 5.65 Å². The third-order valence-electron chi connectivity index (χ3n) is 3.44. The summed E-state index contributed by atoms with van der Waals surface area (Å²) in [5.74, 6) is 0.279. The van der Waals surface area contributed by atoms with Crippen LogP contribution in [0.3, 0.4) is 0 Å². The molecule has 0 aliphatic carbocycles. The van der Waals surface area contributed by atoms with Gasteiger partial charge in [-0.2, -0.15) is 10.1 Å². The lowest BCUT2D eigenvalue weighted by molar-refractivity contribution is 0.102. The molecule has 3 heterocycles. The Kier molecular flexibility index (Phi) is 3.27. The predicted octanol–water partition coefficient (Wildman–Crippen LogP) is 2.57. The van der Waals surface area contributed by atoms with Gasteiger partial charge < -0.3 is 5.32 Å². The van der Waals surface area contributed by atoms with Crippen LogP contribution in [0, 0.1) is 5.82 Å². The molecule has 0 aliphatic rings. The summed E-state index contributed by atoms with van der Waals surface area (Å²) in [6.45, 7) is 0. The Morgan fingerprint density at radius 3 is 2.71 bits per heavy atom. The van der Waals surface area contributed by atoms with Crippen molar-refractivity contribution < 1.29 is 9.18 Å². The summed E-state index contributed by atoms with van der Waals surface area (Å²) in [4.78, 5) is 21.1. The van der Waals surface area contributed by atoms with Gasteiger partial charge >= 0.3 is 0 Å². The van der Waals surface area contributed by atoms with Gasteiger partial charge in [0.1, 0.15) is 17.3 Å². The van der Waals surface area contributed by atoms with Crippen molar-refractivity contribution in [2.24, 2.45) is 0 Å². The molecule has 1 aromatic carbocycles. The fourth-order valence-electron chi connectivity index (χ4n) is 2.30. The molecule has 8 heteroatoms. The Morgan fingerprint density at radius 1 is 1.12 bits per heavy atom. The van der Waals surface area contributed by atoms with Crippen LogP contribution in [0.5, 0.6) is 0 Å². The number of aromatic amines is 1. The highest BCUT2D eigenvalue weighted by Crippen LogP contribution is 2.16. The van der Waals surface area contributed by atoms with Crippen molar-refractivity contribution >= 4 is 23.2 Å². The van der Waals surface area contributed by atoms with Crippen LogP contribution in [0.2, 0.25) is 0 Å². The molecule has 24 heavy (non-hydrogen) atoms. The van der Waals surface area contributed by atoms with Crippen LogP contribution in [0.4, 0.5) is 16.2 Å². The number of fused-ring (bicyclic) bond motifs is 1. The first-order valence-electron chi connectivity index (χ1n) is 7.12. The Bertz CT molecular complexity index is 1010. The SMILES string of the molecule is O=C(c1ccc(F)cc1)c1nc(Nc2ccn[nH]2)n2cccc2n1. The summed E-state index contributed by atoms with van der Waals surface area (Å²) in [7, 11) is 0. The van der Waals surface area contributed by atoms with E-state index in [0.29, 0.717) is 23.0 Å². The van der Waals surface area contributed by atoms with Gasteiger partial charge in [-0.05, 0) is 36.4 Å². The quantitative estimate of drug-likeness (QED) is 0.564. The molecule has 4 aromatic rings. The second kappa shape index (κ2) is 5.58. The van der Waals surface area contributed by atoms with Crippen molar-refractivity contribution in [3.05, 3.63) is 72.1 Å². The number of hydrogen-bond acceptors (Lipinski definition) is 5. The zero-order chi connectivity index (χ0) is 16.5. The van der Waals surface area contributed by atoms with Crippen LogP contribution < -0.4 is 5.32 Å². The first kappa shape index (κ1) is 14.1. The number of aromatic nitrogens is 5. The molecule has 0 spiro atoms. The number of H-pyrrole nitrogens is 1. The van der Waals surface area contributed by atoms with Crippen molar-refractivity contribution in [2.45, 2.75) is 0 Å². The molecule has 2 N–H and O–H groups in total. The number of ketones is 1. The standard InChI is InChI=1S/C16H11FN6O/c17-11-5-3-10(4-6-11)14(24)15-20-13-2-1-9-23(13)16(21-15)19-12-7-8-18-22-12/h1-9H,(H2,18,19,20,21,22). The third kappa shape index (κ3) is 2.50. The number of nitrogens with one attached hydrogen (secondary N) is 2. The van der Waals surface area contributed by atoms with E-state index in [4.69, 9.17) is 0 Å².